The summed E-state index contributed by atoms with van der Waals surface area (Å²) in [7, 11) is -1.95. The number of hydrogen-bond acceptors (Lipinski definition) is 2. The van der Waals surface area contributed by atoms with Crippen molar-refractivity contribution in [1.82, 2.24) is 0 Å². The van der Waals surface area contributed by atoms with E-state index in [1.165, 1.54) is 0 Å². The van der Waals surface area contributed by atoms with Gasteiger partial charge in [0.25, 0.3) is 0 Å². The van der Waals surface area contributed by atoms with Crippen LogP contribution in [-0.2, 0) is 0 Å². The van der Waals surface area contributed by atoms with Gasteiger partial charge in [0.1, 0.15) is 12.2 Å². The third-order valence-corrected chi connectivity index (χ3v) is 1.15. The average molecular weight is 157 g/mol. The molecule has 0 aromatic heterocycles. The molecule has 0 aromatic carbocycles. The van der Waals surface area contributed by atoms with E-state index in [1.54, 1.807) is 0 Å². The Balaban J connectivity index is 2.99. The van der Waals surface area contributed by atoms with Gasteiger partial charge in [0.15, 0.2) is 5.47 Å². The Morgan fingerprint density at radius 3 is 2.45 bits per heavy atom. The highest BCUT2D eigenvalue weighted by Crippen LogP contribution is 2.18. The largest absolute Gasteiger partial charge is 0.530 e. The van der Waals surface area contributed by atoms with Crippen molar-refractivity contribution in [2.45, 2.75) is 0 Å². The van der Waals surface area contributed by atoms with Crippen molar-refractivity contribution in [2.24, 2.45) is 0 Å². The molecule has 11 heavy (non-hydrogen) atoms. The minimum Gasteiger partial charge on any atom is -0.421 e. The summed E-state index contributed by atoms with van der Waals surface area (Å²) in [5.41, 5.74) is -0.452. The predicted octanol–water partition coefficient (Wildman–Crippen LogP) is 0.448. The first-order valence-electron chi connectivity index (χ1n) is 2.84. The lowest BCUT2D eigenvalue weighted by Crippen LogP contribution is -2.16. The molecule has 0 heterocycles. The zero-order chi connectivity index (χ0) is 8.43. The molecule has 0 fully saturated rings. The van der Waals surface area contributed by atoms with Crippen molar-refractivity contribution < 1.29 is 18.8 Å². The quantitative estimate of drug-likeness (QED) is 0.428. The van der Waals surface area contributed by atoms with Gasteiger partial charge in [0, 0.05) is 6.08 Å². The molecule has 56 valence electrons. The third-order valence-electron chi connectivity index (χ3n) is 1.15. The minimum atomic E-state index is -1.95. The number of rotatable bonds is 1. The molecule has 1 aliphatic rings. The standard InChI is InChI=1S/C6H4BF2O2/c8-4-1-2-5(7(10)11)6(9)3-4/h1,3,10-11H/q+1. The highest BCUT2D eigenvalue weighted by molar-refractivity contribution is 6.51. The zero-order valence-electron chi connectivity index (χ0n) is 5.38. The Labute approximate surface area is 62.3 Å². The second-order valence-electron chi connectivity index (χ2n) is 1.95. The molecule has 0 unspecified atom stereocenters. The highest BCUT2D eigenvalue weighted by atomic mass is 19.1. The van der Waals surface area contributed by atoms with E-state index >= 15 is 0 Å². The van der Waals surface area contributed by atoms with Crippen molar-refractivity contribution in [2.75, 3.05) is 0 Å². The normalized spacial score (nSPS) is 16.2. The summed E-state index contributed by atoms with van der Waals surface area (Å²) in [4.78, 5) is 0. The summed E-state index contributed by atoms with van der Waals surface area (Å²) in [6.07, 6.45) is 3.45. The van der Waals surface area contributed by atoms with Crippen molar-refractivity contribution in [3.05, 3.63) is 35.4 Å². The Kier molecular flexibility index (Phi) is 2.15. The maximum Gasteiger partial charge on any atom is 0.530 e. The number of allylic oxidation sites excluding steroid dienone is 6. The average Bonchev–Trinajstić information content (AvgIpc) is 1.85. The summed E-state index contributed by atoms with van der Waals surface area (Å²) < 4.78 is 24.7. The molecule has 0 spiro atoms. The van der Waals surface area contributed by atoms with Gasteiger partial charge in [0.2, 0.25) is 11.7 Å². The molecule has 0 aromatic rings. The Morgan fingerprint density at radius 2 is 2.00 bits per heavy atom. The molecule has 0 radical (unpaired) electrons. The molecule has 2 nitrogen and oxygen atoms in total. The highest BCUT2D eigenvalue weighted by Gasteiger charge is 2.29. The third kappa shape index (κ3) is 1.71. The van der Waals surface area contributed by atoms with Crippen molar-refractivity contribution >= 4 is 7.12 Å². The fourth-order valence-electron chi connectivity index (χ4n) is 0.654. The monoisotopic (exact) mass is 157 g/mol. The van der Waals surface area contributed by atoms with Gasteiger partial charge >= 0.3 is 7.12 Å². The first kappa shape index (κ1) is 8.08. The maximum absolute atomic E-state index is 12.5. The Morgan fingerprint density at radius 1 is 1.36 bits per heavy atom. The van der Waals surface area contributed by atoms with E-state index in [0.717, 1.165) is 6.08 Å². The van der Waals surface area contributed by atoms with E-state index in [0.29, 0.717) is 6.08 Å². The predicted molar refractivity (Wildman–Crippen MR) is 35.3 cm³/mol. The van der Waals surface area contributed by atoms with E-state index < -0.39 is 24.2 Å². The van der Waals surface area contributed by atoms with E-state index in [2.05, 4.69) is 6.08 Å². The molecule has 0 atom stereocenters. The van der Waals surface area contributed by atoms with E-state index in [1.807, 2.05) is 0 Å². The molecule has 5 heteroatoms. The van der Waals surface area contributed by atoms with Crippen molar-refractivity contribution in [1.29, 1.82) is 0 Å². The second kappa shape index (κ2) is 2.92. The molecular formula is C6H4BF2O2+. The molecule has 1 rings (SSSR count). The molecular weight excluding hydrogens is 153 g/mol. The van der Waals surface area contributed by atoms with Crippen LogP contribution < -0.4 is 0 Å². The van der Waals surface area contributed by atoms with Crippen LogP contribution in [0.5, 0.6) is 0 Å². The smallest absolute Gasteiger partial charge is 0.421 e. The van der Waals surface area contributed by atoms with Gasteiger partial charge in [0.05, 0.1) is 0 Å². The van der Waals surface area contributed by atoms with Crippen LogP contribution in [0.1, 0.15) is 0 Å². The van der Waals surface area contributed by atoms with Crippen LogP contribution in [0.25, 0.3) is 0 Å². The topological polar surface area (TPSA) is 40.5 Å². The maximum atomic E-state index is 12.5. The van der Waals surface area contributed by atoms with Gasteiger partial charge in [-0.25, -0.2) is 0 Å². The van der Waals surface area contributed by atoms with Gasteiger partial charge in [-0.15, -0.1) is 8.78 Å². The summed E-state index contributed by atoms with van der Waals surface area (Å²) in [5.74, 6) is -1.81. The number of hydrogen-bond donors (Lipinski definition) is 2. The first-order chi connectivity index (χ1) is 5.11. The summed E-state index contributed by atoms with van der Waals surface area (Å²) in [6.45, 7) is 0. The van der Waals surface area contributed by atoms with Crippen LogP contribution in [0.3, 0.4) is 0 Å². The Bertz CT molecular complexity index is 255. The zero-order valence-corrected chi connectivity index (χ0v) is 5.38. The van der Waals surface area contributed by atoms with Gasteiger partial charge in [-0.2, -0.15) is 0 Å². The molecule has 0 saturated carbocycles. The van der Waals surface area contributed by atoms with E-state index in [4.69, 9.17) is 10.0 Å². The van der Waals surface area contributed by atoms with E-state index in [-0.39, 0.29) is 0 Å². The van der Waals surface area contributed by atoms with Crippen molar-refractivity contribution in [3.8, 4) is 0 Å². The van der Waals surface area contributed by atoms with Crippen molar-refractivity contribution in [3.63, 3.8) is 0 Å². The molecule has 0 bridgehead atoms. The van der Waals surface area contributed by atoms with Gasteiger partial charge in [-0.05, 0) is 0 Å². The lowest BCUT2D eigenvalue weighted by atomic mass is 9.77. The van der Waals surface area contributed by atoms with Crippen LogP contribution in [0.2, 0.25) is 0 Å². The van der Waals surface area contributed by atoms with Crippen LogP contribution in [-0.4, -0.2) is 17.2 Å². The SMILES string of the molecule is OB(O)C1=C(F)C=C(F)C=[C+]1. The van der Waals surface area contributed by atoms with Crippen LogP contribution in [0, 0.1) is 6.08 Å². The lowest BCUT2D eigenvalue weighted by molar-refractivity contribution is 0.417. The molecule has 0 saturated heterocycles. The molecule has 2 N–H and O–H groups in total. The molecule has 0 amide bonds. The molecule has 0 aliphatic heterocycles. The summed E-state index contributed by atoms with van der Waals surface area (Å²) >= 11 is 0. The minimum absolute atomic E-state index is 0.452. The van der Waals surface area contributed by atoms with Gasteiger partial charge < -0.3 is 10.0 Å². The van der Waals surface area contributed by atoms with Crippen LogP contribution in [0.15, 0.2) is 29.3 Å². The fraction of sp³-hybridized carbons (Fsp3) is 0. The van der Waals surface area contributed by atoms with E-state index in [9.17, 15) is 8.78 Å². The van der Waals surface area contributed by atoms with Gasteiger partial charge in [-0.1, -0.05) is 0 Å². The van der Waals surface area contributed by atoms with Crippen LogP contribution >= 0.6 is 0 Å². The molecule has 1 aliphatic carbocycles. The Hall–Kier alpha value is -1.03. The summed E-state index contributed by atoms with van der Waals surface area (Å²) in [6, 6.07) is 0. The number of halogens is 2. The van der Waals surface area contributed by atoms with Gasteiger partial charge in [-0.3, -0.25) is 0 Å². The first-order valence-corrected chi connectivity index (χ1v) is 2.84. The van der Waals surface area contributed by atoms with Crippen LogP contribution in [0.4, 0.5) is 8.78 Å². The summed E-state index contributed by atoms with van der Waals surface area (Å²) in [5, 5.41) is 16.9. The lowest BCUT2D eigenvalue weighted by Gasteiger charge is -1.93. The fourth-order valence-corrected chi connectivity index (χ4v) is 0.654. The second-order valence-corrected chi connectivity index (χ2v) is 1.95.